The Kier molecular flexibility index (Phi) is 7.34. The molecule has 28 heavy (non-hydrogen) atoms. The van der Waals surface area contributed by atoms with E-state index in [0.717, 1.165) is 12.5 Å². The summed E-state index contributed by atoms with van der Waals surface area (Å²) >= 11 is 5.75. The first-order chi connectivity index (χ1) is 13.3. The van der Waals surface area contributed by atoms with E-state index in [1.165, 1.54) is 12.1 Å². The van der Waals surface area contributed by atoms with E-state index in [2.05, 4.69) is 5.32 Å². The van der Waals surface area contributed by atoms with Crippen molar-refractivity contribution in [3.63, 3.8) is 0 Å². The van der Waals surface area contributed by atoms with Crippen LogP contribution in [-0.2, 0) is 4.79 Å². The predicted octanol–water partition coefficient (Wildman–Crippen LogP) is 3.98. The summed E-state index contributed by atoms with van der Waals surface area (Å²) < 4.78 is 5.49. The summed E-state index contributed by atoms with van der Waals surface area (Å²) in [5, 5.41) is 22.7. The summed E-state index contributed by atoms with van der Waals surface area (Å²) in [6.07, 6.45) is 0.503. The third-order valence-corrected chi connectivity index (χ3v) is 4.16. The van der Waals surface area contributed by atoms with Gasteiger partial charge in [0.1, 0.15) is 10.8 Å². The Labute approximate surface area is 166 Å². The number of nitrogens with zero attached hydrogens (tertiary/aromatic N) is 1. The van der Waals surface area contributed by atoms with Gasteiger partial charge in [-0.25, -0.2) is 0 Å². The second kappa shape index (κ2) is 9.70. The maximum absolute atomic E-state index is 12.5. The van der Waals surface area contributed by atoms with Gasteiger partial charge in [-0.15, -0.1) is 0 Å². The summed E-state index contributed by atoms with van der Waals surface area (Å²) in [5.74, 6) is -1.10. The Balaban J connectivity index is 2.22. The first-order valence-corrected chi connectivity index (χ1v) is 8.89. The monoisotopic (exact) mass is 406 g/mol. The van der Waals surface area contributed by atoms with E-state index in [1.54, 1.807) is 24.3 Å². The van der Waals surface area contributed by atoms with Gasteiger partial charge >= 0.3 is 5.97 Å². The molecule has 2 aromatic rings. The molecule has 2 aromatic carbocycles. The number of carboxylic acid groups (broad SMARTS) is 1. The van der Waals surface area contributed by atoms with E-state index in [0.29, 0.717) is 17.9 Å². The quantitative estimate of drug-likeness (QED) is 0.480. The first-order valence-electron chi connectivity index (χ1n) is 8.51. The number of hydrogen-bond acceptors (Lipinski definition) is 5. The molecule has 0 spiro atoms. The molecule has 0 heterocycles. The molecule has 1 amide bonds. The zero-order valence-electron chi connectivity index (χ0n) is 15.1. The lowest BCUT2D eigenvalue weighted by Crippen LogP contribution is -2.30. The number of nitrogens with one attached hydrogen (secondary N) is 1. The van der Waals surface area contributed by atoms with Crippen LogP contribution in [0.15, 0.2) is 42.5 Å². The number of rotatable bonds is 9. The number of carboxylic acids is 1. The van der Waals surface area contributed by atoms with Crippen molar-refractivity contribution in [2.24, 2.45) is 0 Å². The van der Waals surface area contributed by atoms with E-state index < -0.39 is 28.5 Å². The molecular weight excluding hydrogens is 388 g/mol. The van der Waals surface area contributed by atoms with Gasteiger partial charge in [-0.1, -0.05) is 30.7 Å². The number of carbonyl (C=O) groups excluding carboxylic acids is 1. The summed E-state index contributed by atoms with van der Waals surface area (Å²) in [6.45, 7) is 2.54. The maximum Gasteiger partial charge on any atom is 0.305 e. The SMILES string of the molecule is CCCOc1ccc([C@@H](CC(=O)O)NC(=O)c2ccc(Cl)c([N+](=O)[O-])c2)cc1. The molecule has 0 saturated heterocycles. The predicted molar refractivity (Wildman–Crippen MR) is 103 cm³/mol. The van der Waals surface area contributed by atoms with E-state index in [1.807, 2.05) is 6.92 Å². The Morgan fingerprint density at radius 1 is 1.25 bits per heavy atom. The largest absolute Gasteiger partial charge is 0.494 e. The average molecular weight is 407 g/mol. The van der Waals surface area contributed by atoms with Gasteiger partial charge < -0.3 is 15.2 Å². The zero-order chi connectivity index (χ0) is 20.7. The van der Waals surface area contributed by atoms with Crippen molar-refractivity contribution < 1.29 is 24.4 Å². The highest BCUT2D eigenvalue weighted by Crippen LogP contribution is 2.26. The third-order valence-electron chi connectivity index (χ3n) is 3.84. The van der Waals surface area contributed by atoms with Crippen molar-refractivity contribution in [3.8, 4) is 5.75 Å². The molecule has 0 bridgehead atoms. The van der Waals surface area contributed by atoms with Gasteiger partial charge in [0.25, 0.3) is 11.6 Å². The molecule has 2 rings (SSSR count). The normalized spacial score (nSPS) is 11.5. The van der Waals surface area contributed by atoms with Crippen molar-refractivity contribution >= 4 is 29.2 Å². The number of ether oxygens (including phenoxy) is 1. The molecular formula is C19H19ClN2O6. The van der Waals surface area contributed by atoms with Crippen LogP contribution in [0.25, 0.3) is 0 Å². The van der Waals surface area contributed by atoms with Crippen LogP contribution in [0.4, 0.5) is 5.69 Å². The Morgan fingerprint density at radius 2 is 1.93 bits per heavy atom. The fourth-order valence-corrected chi connectivity index (χ4v) is 2.67. The van der Waals surface area contributed by atoms with E-state index in [9.17, 15) is 19.7 Å². The summed E-state index contributed by atoms with van der Waals surface area (Å²) in [7, 11) is 0. The number of nitro groups is 1. The minimum atomic E-state index is -1.10. The van der Waals surface area contributed by atoms with Crippen LogP contribution >= 0.6 is 11.6 Å². The van der Waals surface area contributed by atoms with E-state index >= 15 is 0 Å². The van der Waals surface area contributed by atoms with Crippen molar-refractivity contribution in [1.29, 1.82) is 0 Å². The summed E-state index contributed by atoms with van der Waals surface area (Å²) in [6, 6.07) is 9.55. The van der Waals surface area contributed by atoms with Gasteiger partial charge in [0, 0.05) is 11.6 Å². The lowest BCUT2D eigenvalue weighted by molar-refractivity contribution is -0.384. The van der Waals surface area contributed by atoms with Crippen LogP contribution < -0.4 is 10.1 Å². The molecule has 0 radical (unpaired) electrons. The smallest absolute Gasteiger partial charge is 0.305 e. The fourth-order valence-electron chi connectivity index (χ4n) is 2.48. The van der Waals surface area contributed by atoms with Crippen molar-refractivity contribution in [3.05, 3.63) is 68.7 Å². The van der Waals surface area contributed by atoms with Crippen LogP contribution in [0.1, 0.15) is 41.7 Å². The molecule has 0 aliphatic heterocycles. The number of aliphatic carboxylic acids is 1. The van der Waals surface area contributed by atoms with E-state index in [4.69, 9.17) is 21.4 Å². The standard InChI is InChI=1S/C19H19ClN2O6/c1-2-9-28-14-6-3-12(4-7-14)16(11-18(23)24)21-19(25)13-5-8-15(20)17(10-13)22(26)27/h3-8,10,16H,2,9,11H2,1H3,(H,21,25)(H,23,24)/t16-/m1/s1. The highest BCUT2D eigenvalue weighted by Gasteiger charge is 2.21. The van der Waals surface area contributed by atoms with Crippen LogP contribution in [0.5, 0.6) is 5.75 Å². The minimum Gasteiger partial charge on any atom is -0.494 e. The van der Waals surface area contributed by atoms with Gasteiger partial charge in [-0.2, -0.15) is 0 Å². The number of halogens is 1. The average Bonchev–Trinajstić information content (AvgIpc) is 2.66. The molecule has 0 saturated carbocycles. The van der Waals surface area contributed by atoms with Crippen LogP contribution in [0, 0.1) is 10.1 Å². The number of carbonyl (C=O) groups is 2. The Bertz CT molecular complexity index is 869. The molecule has 0 unspecified atom stereocenters. The molecule has 1 atom stereocenters. The van der Waals surface area contributed by atoms with Crippen molar-refractivity contribution in [2.75, 3.05) is 6.61 Å². The second-order valence-electron chi connectivity index (χ2n) is 5.96. The van der Waals surface area contributed by atoms with Gasteiger partial charge in [-0.3, -0.25) is 19.7 Å². The van der Waals surface area contributed by atoms with Gasteiger partial charge in [0.05, 0.1) is 24.0 Å². The molecule has 8 nitrogen and oxygen atoms in total. The molecule has 0 aliphatic carbocycles. The highest BCUT2D eigenvalue weighted by atomic mass is 35.5. The Morgan fingerprint density at radius 3 is 2.50 bits per heavy atom. The number of benzene rings is 2. The molecule has 2 N–H and O–H groups in total. The minimum absolute atomic E-state index is 0.00869. The number of nitro benzene ring substituents is 1. The fraction of sp³-hybridized carbons (Fsp3) is 0.263. The van der Waals surface area contributed by atoms with E-state index in [-0.39, 0.29) is 17.0 Å². The highest BCUT2D eigenvalue weighted by molar-refractivity contribution is 6.32. The van der Waals surface area contributed by atoms with Crippen LogP contribution in [0.3, 0.4) is 0 Å². The van der Waals surface area contributed by atoms with Gasteiger partial charge in [-0.05, 0) is 36.2 Å². The van der Waals surface area contributed by atoms with Gasteiger partial charge in [0.15, 0.2) is 0 Å². The topological polar surface area (TPSA) is 119 Å². The lowest BCUT2D eigenvalue weighted by atomic mass is 10.0. The number of hydrogen-bond donors (Lipinski definition) is 2. The molecule has 0 aromatic heterocycles. The van der Waals surface area contributed by atoms with Crippen LogP contribution in [-0.4, -0.2) is 28.5 Å². The second-order valence-corrected chi connectivity index (χ2v) is 6.37. The van der Waals surface area contributed by atoms with Crippen LogP contribution in [0.2, 0.25) is 5.02 Å². The van der Waals surface area contributed by atoms with Crippen molar-refractivity contribution in [1.82, 2.24) is 5.32 Å². The molecule has 148 valence electrons. The summed E-state index contributed by atoms with van der Waals surface area (Å²) in [4.78, 5) is 34.0. The van der Waals surface area contributed by atoms with Gasteiger partial charge in [0.2, 0.25) is 0 Å². The molecule has 0 fully saturated rings. The first kappa shape index (κ1) is 21.2. The summed E-state index contributed by atoms with van der Waals surface area (Å²) in [5.41, 5.74) is 0.180. The third kappa shape index (κ3) is 5.68. The van der Waals surface area contributed by atoms with Crippen molar-refractivity contribution in [2.45, 2.75) is 25.8 Å². The lowest BCUT2D eigenvalue weighted by Gasteiger charge is -2.18. The molecule has 9 heteroatoms. The number of amides is 1. The zero-order valence-corrected chi connectivity index (χ0v) is 15.8. The Hall–Kier alpha value is -3.13. The maximum atomic E-state index is 12.5. The molecule has 0 aliphatic rings.